The van der Waals surface area contributed by atoms with E-state index in [1.807, 2.05) is 0 Å². The lowest BCUT2D eigenvalue weighted by Crippen LogP contribution is -2.48. The van der Waals surface area contributed by atoms with Gasteiger partial charge in [0.2, 0.25) is 10.0 Å². The summed E-state index contributed by atoms with van der Waals surface area (Å²) in [6.07, 6.45) is -1.80. The highest BCUT2D eigenvalue weighted by Gasteiger charge is 2.32. The second kappa shape index (κ2) is 8.67. The van der Waals surface area contributed by atoms with Crippen molar-refractivity contribution < 1.29 is 32.3 Å². The van der Waals surface area contributed by atoms with Gasteiger partial charge in [-0.05, 0) is 39.0 Å². The molecule has 3 atom stereocenters. The number of sulfonamides is 1. The largest absolute Gasteiger partial charge is 0.449 e. The minimum Gasteiger partial charge on any atom is -0.449 e. The van der Waals surface area contributed by atoms with Gasteiger partial charge in [0.1, 0.15) is 0 Å². The first-order valence-electron chi connectivity index (χ1n) is 8.57. The van der Waals surface area contributed by atoms with Gasteiger partial charge >= 0.3 is 12.0 Å². The second-order valence-electron chi connectivity index (χ2n) is 6.51. The Balaban J connectivity index is 2.17. The Kier molecular flexibility index (Phi) is 6.75. The van der Waals surface area contributed by atoms with Gasteiger partial charge in [-0.1, -0.05) is 6.07 Å². The van der Waals surface area contributed by atoms with Crippen LogP contribution in [0, 0.1) is 0 Å². The molecule has 1 aromatic carbocycles. The predicted molar refractivity (Wildman–Crippen MR) is 97.8 cm³/mol. The number of morpholine rings is 1. The zero-order chi connectivity index (χ0) is 21.1. The van der Waals surface area contributed by atoms with Gasteiger partial charge in [-0.3, -0.25) is 10.1 Å². The van der Waals surface area contributed by atoms with Crippen LogP contribution < -0.4 is 11.1 Å². The van der Waals surface area contributed by atoms with E-state index < -0.39 is 34.0 Å². The molecule has 1 heterocycles. The Morgan fingerprint density at radius 1 is 1.25 bits per heavy atom. The number of carbonyl (C=O) groups is 3. The number of nitrogens with one attached hydrogen (secondary N) is 1. The van der Waals surface area contributed by atoms with Crippen molar-refractivity contribution in [1.82, 2.24) is 9.62 Å². The number of carbonyl (C=O) groups excluding carboxylic acids is 3. The third-order valence-electron chi connectivity index (χ3n) is 3.99. The van der Waals surface area contributed by atoms with Gasteiger partial charge in [0.15, 0.2) is 6.10 Å². The number of nitrogens with two attached hydrogens (primary N) is 1. The Hall–Kier alpha value is -2.50. The standard InChI is InChI=1S/C17H23N3O7S/c1-10-8-20(9-11(2)26-10)28(24,25)14-6-4-5-13(7-14)16(22)27-12(3)15(21)19-17(18)23/h4-7,10-12H,8-9H2,1-3H3,(H3,18,19,21,23). The van der Waals surface area contributed by atoms with Crippen LogP contribution in [-0.2, 0) is 24.3 Å². The van der Waals surface area contributed by atoms with Crippen LogP contribution in [0.15, 0.2) is 29.2 Å². The maximum absolute atomic E-state index is 12.9. The third kappa shape index (κ3) is 5.27. The molecular formula is C17H23N3O7S. The summed E-state index contributed by atoms with van der Waals surface area (Å²) in [6.45, 7) is 5.22. The van der Waals surface area contributed by atoms with Crippen LogP contribution in [0.25, 0.3) is 0 Å². The van der Waals surface area contributed by atoms with Gasteiger partial charge in [-0.15, -0.1) is 0 Å². The van der Waals surface area contributed by atoms with E-state index in [1.54, 1.807) is 19.2 Å². The smallest absolute Gasteiger partial charge is 0.338 e. The number of amides is 3. The SMILES string of the molecule is CC1CN(S(=O)(=O)c2cccc(C(=O)OC(C)C(=O)NC(N)=O)c2)CC(C)O1. The van der Waals surface area contributed by atoms with Crippen LogP contribution in [0.4, 0.5) is 4.79 Å². The normalized spacial score (nSPS) is 21.5. The minimum atomic E-state index is -3.84. The molecule has 10 nitrogen and oxygen atoms in total. The fourth-order valence-corrected chi connectivity index (χ4v) is 4.40. The van der Waals surface area contributed by atoms with Crippen molar-refractivity contribution in [3.8, 4) is 0 Å². The first kappa shape index (κ1) is 21.8. The van der Waals surface area contributed by atoms with Crippen LogP contribution in [0.5, 0.6) is 0 Å². The summed E-state index contributed by atoms with van der Waals surface area (Å²) in [5.41, 5.74) is 4.79. The predicted octanol–water partition coefficient (Wildman–Crippen LogP) is 0.225. The second-order valence-corrected chi connectivity index (χ2v) is 8.45. The lowest BCUT2D eigenvalue weighted by molar-refractivity contribution is -0.127. The Bertz CT molecular complexity index is 861. The summed E-state index contributed by atoms with van der Waals surface area (Å²) in [7, 11) is -3.84. The molecule has 0 aromatic heterocycles. The number of primary amides is 1. The van der Waals surface area contributed by atoms with Crippen LogP contribution in [-0.4, -0.2) is 62.0 Å². The number of imide groups is 1. The molecule has 0 radical (unpaired) electrons. The van der Waals surface area contributed by atoms with Gasteiger partial charge in [-0.2, -0.15) is 4.31 Å². The van der Waals surface area contributed by atoms with E-state index in [2.05, 4.69) is 0 Å². The maximum atomic E-state index is 12.9. The Labute approximate surface area is 163 Å². The number of hydrogen-bond acceptors (Lipinski definition) is 7. The topological polar surface area (TPSA) is 145 Å². The van der Waals surface area contributed by atoms with Crippen LogP contribution in [0.1, 0.15) is 31.1 Å². The van der Waals surface area contributed by atoms with E-state index in [9.17, 15) is 22.8 Å². The van der Waals surface area contributed by atoms with Crippen molar-refractivity contribution >= 4 is 27.9 Å². The minimum absolute atomic E-state index is 0.0471. The van der Waals surface area contributed by atoms with E-state index in [0.29, 0.717) is 0 Å². The zero-order valence-electron chi connectivity index (χ0n) is 15.7. The molecule has 1 aliphatic rings. The summed E-state index contributed by atoms with van der Waals surface area (Å²) in [6, 6.07) is 4.26. The quantitative estimate of drug-likeness (QED) is 0.657. The fourth-order valence-electron chi connectivity index (χ4n) is 2.76. The molecule has 154 valence electrons. The van der Waals surface area contributed by atoms with E-state index in [0.717, 1.165) is 0 Å². The molecule has 1 fully saturated rings. The summed E-state index contributed by atoms with van der Waals surface area (Å²) in [5.74, 6) is -1.80. The van der Waals surface area contributed by atoms with Crippen molar-refractivity contribution in [2.75, 3.05) is 13.1 Å². The summed E-state index contributed by atoms with van der Waals surface area (Å²) >= 11 is 0. The van der Waals surface area contributed by atoms with Crippen molar-refractivity contribution in [2.24, 2.45) is 5.73 Å². The number of hydrogen-bond donors (Lipinski definition) is 2. The van der Waals surface area contributed by atoms with Crippen LogP contribution >= 0.6 is 0 Å². The van der Waals surface area contributed by atoms with E-state index >= 15 is 0 Å². The van der Waals surface area contributed by atoms with Gasteiger partial charge < -0.3 is 15.2 Å². The van der Waals surface area contributed by atoms with Gasteiger partial charge in [0, 0.05) is 13.1 Å². The molecule has 1 aromatic rings. The van der Waals surface area contributed by atoms with Gasteiger partial charge in [-0.25, -0.2) is 18.0 Å². The number of benzene rings is 1. The average Bonchev–Trinajstić information content (AvgIpc) is 2.60. The van der Waals surface area contributed by atoms with Crippen molar-refractivity contribution in [3.63, 3.8) is 0 Å². The van der Waals surface area contributed by atoms with Crippen LogP contribution in [0.3, 0.4) is 0 Å². The molecule has 11 heteroatoms. The van der Waals surface area contributed by atoms with Crippen molar-refractivity contribution in [3.05, 3.63) is 29.8 Å². The van der Waals surface area contributed by atoms with Gasteiger partial charge in [0.05, 0.1) is 22.7 Å². The monoisotopic (exact) mass is 413 g/mol. The van der Waals surface area contributed by atoms with Crippen LogP contribution in [0.2, 0.25) is 0 Å². The molecule has 3 N–H and O–H groups in total. The highest BCUT2D eigenvalue weighted by atomic mass is 32.2. The molecule has 1 aliphatic heterocycles. The number of nitrogens with zero attached hydrogens (tertiary/aromatic N) is 1. The Morgan fingerprint density at radius 3 is 2.43 bits per heavy atom. The Morgan fingerprint density at radius 2 is 1.86 bits per heavy atom. The molecule has 28 heavy (non-hydrogen) atoms. The molecule has 1 saturated heterocycles. The highest BCUT2D eigenvalue weighted by molar-refractivity contribution is 7.89. The van der Waals surface area contributed by atoms with Crippen molar-refractivity contribution in [2.45, 2.75) is 44.0 Å². The molecule has 3 unspecified atom stereocenters. The number of esters is 1. The summed E-state index contributed by atoms with van der Waals surface area (Å²) in [4.78, 5) is 34.5. The number of rotatable bonds is 5. The maximum Gasteiger partial charge on any atom is 0.338 e. The first-order chi connectivity index (χ1) is 13.0. The molecule has 3 amide bonds. The molecular weight excluding hydrogens is 390 g/mol. The fraction of sp³-hybridized carbons (Fsp3) is 0.471. The number of ether oxygens (including phenoxy) is 2. The summed E-state index contributed by atoms with van der Waals surface area (Å²) < 4.78 is 37.6. The first-order valence-corrected chi connectivity index (χ1v) is 10.0. The zero-order valence-corrected chi connectivity index (χ0v) is 16.6. The average molecular weight is 413 g/mol. The lowest BCUT2D eigenvalue weighted by atomic mass is 10.2. The summed E-state index contributed by atoms with van der Waals surface area (Å²) in [5, 5.41) is 1.79. The molecule has 0 saturated carbocycles. The van der Waals surface area contributed by atoms with Crippen molar-refractivity contribution in [1.29, 1.82) is 0 Å². The third-order valence-corrected chi connectivity index (χ3v) is 5.82. The number of urea groups is 1. The van der Waals surface area contributed by atoms with E-state index in [-0.39, 0.29) is 35.8 Å². The highest BCUT2D eigenvalue weighted by Crippen LogP contribution is 2.22. The van der Waals surface area contributed by atoms with E-state index in [4.69, 9.17) is 15.2 Å². The lowest BCUT2D eigenvalue weighted by Gasteiger charge is -2.34. The molecule has 2 rings (SSSR count). The van der Waals surface area contributed by atoms with E-state index in [1.165, 1.54) is 35.5 Å². The van der Waals surface area contributed by atoms with Gasteiger partial charge in [0.25, 0.3) is 5.91 Å². The molecule has 0 bridgehead atoms. The molecule has 0 spiro atoms. The molecule has 0 aliphatic carbocycles.